The zero-order chi connectivity index (χ0) is 11.0. The highest BCUT2D eigenvalue weighted by atomic mass is 19.1. The fourth-order valence-corrected chi connectivity index (χ4v) is 2.33. The van der Waals surface area contributed by atoms with Crippen molar-refractivity contribution in [1.82, 2.24) is 9.78 Å². The summed E-state index contributed by atoms with van der Waals surface area (Å²) in [6.07, 6.45) is 5.14. The summed E-state index contributed by atoms with van der Waals surface area (Å²) in [6, 6.07) is 6.91. The minimum absolute atomic E-state index is 0.163. The van der Waals surface area contributed by atoms with Gasteiger partial charge in [-0.1, -0.05) is 18.2 Å². The lowest BCUT2D eigenvalue weighted by molar-refractivity contribution is 0.486. The Kier molecular flexibility index (Phi) is 2.24. The molecule has 1 aromatic carbocycles. The first-order chi connectivity index (χ1) is 7.86. The molecule has 0 amide bonds. The van der Waals surface area contributed by atoms with E-state index in [1.165, 1.54) is 24.6 Å². The van der Waals surface area contributed by atoms with Crippen LogP contribution < -0.4 is 0 Å². The first-order valence-electron chi connectivity index (χ1n) is 5.66. The first kappa shape index (κ1) is 9.58. The fourth-order valence-electron chi connectivity index (χ4n) is 2.33. The number of benzene rings is 1. The van der Waals surface area contributed by atoms with Gasteiger partial charge in [0.05, 0.1) is 6.20 Å². The van der Waals surface area contributed by atoms with Crippen molar-refractivity contribution in [2.24, 2.45) is 0 Å². The molecular formula is C13H13FN2. The van der Waals surface area contributed by atoms with E-state index >= 15 is 0 Å². The fraction of sp³-hybridized carbons (Fsp3) is 0.308. The van der Waals surface area contributed by atoms with Crippen LogP contribution in [-0.2, 0) is 13.0 Å². The van der Waals surface area contributed by atoms with Crippen LogP contribution in [0.5, 0.6) is 0 Å². The summed E-state index contributed by atoms with van der Waals surface area (Å²) < 4.78 is 15.7. The van der Waals surface area contributed by atoms with Gasteiger partial charge in [0, 0.05) is 23.4 Å². The number of aromatic nitrogens is 2. The van der Waals surface area contributed by atoms with E-state index in [4.69, 9.17) is 0 Å². The third-order valence-corrected chi connectivity index (χ3v) is 3.15. The lowest BCUT2D eigenvalue weighted by atomic mass is 10.0. The Bertz CT molecular complexity index is 516. The summed E-state index contributed by atoms with van der Waals surface area (Å²) in [7, 11) is 0. The lowest BCUT2D eigenvalue weighted by Crippen LogP contribution is -2.11. The van der Waals surface area contributed by atoms with Crippen molar-refractivity contribution in [2.45, 2.75) is 25.8 Å². The van der Waals surface area contributed by atoms with Crippen molar-refractivity contribution >= 4 is 0 Å². The molecule has 3 rings (SSSR count). The molecule has 82 valence electrons. The molecule has 0 saturated carbocycles. The average Bonchev–Trinajstić information content (AvgIpc) is 2.74. The highest BCUT2D eigenvalue weighted by molar-refractivity contribution is 5.66. The molecule has 2 nitrogen and oxygen atoms in total. The van der Waals surface area contributed by atoms with Crippen LogP contribution in [0.2, 0.25) is 0 Å². The molecule has 0 bridgehead atoms. The SMILES string of the molecule is Fc1ccccc1-c1cnn2c1CCCC2. The molecule has 0 unspecified atom stereocenters. The van der Waals surface area contributed by atoms with E-state index in [2.05, 4.69) is 5.10 Å². The second-order valence-electron chi connectivity index (χ2n) is 4.17. The highest BCUT2D eigenvalue weighted by Crippen LogP contribution is 2.29. The van der Waals surface area contributed by atoms with Crippen molar-refractivity contribution in [2.75, 3.05) is 0 Å². The first-order valence-corrected chi connectivity index (χ1v) is 5.66. The topological polar surface area (TPSA) is 17.8 Å². The number of fused-ring (bicyclic) bond motifs is 1. The van der Waals surface area contributed by atoms with Gasteiger partial charge in [-0.3, -0.25) is 4.68 Å². The van der Waals surface area contributed by atoms with Crippen molar-refractivity contribution in [3.63, 3.8) is 0 Å². The van der Waals surface area contributed by atoms with E-state index in [1.54, 1.807) is 12.3 Å². The van der Waals surface area contributed by atoms with E-state index in [9.17, 15) is 4.39 Å². The summed E-state index contributed by atoms with van der Waals surface area (Å²) >= 11 is 0. The maximum absolute atomic E-state index is 13.7. The second-order valence-corrected chi connectivity index (χ2v) is 4.17. The molecule has 0 N–H and O–H groups in total. The van der Waals surface area contributed by atoms with Crippen molar-refractivity contribution < 1.29 is 4.39 Å². The standard InChI is InChI=1S/C13H13FN2/c14-12-6-2-1-5-10(12)11-9-15-16-8-4-3-7-13(11)16/h1-2,5-6,9H,3-4,7-8H2. The number of nitrogens with zero attached hydrogens (tertiary/aromatic N) is 2. The van der Waals surface area contributed by atoms with Gasteiger partial charge in [-0.15, -0.1) is 0 Å². The summed E-state index contributed by atoms with van der Waals surface area (Å²) in [6.45, 7) is 0.962. The van der Waals surface area contributed by atoms with Crippen LogP contribution in [0, 0.1) is 5.82 Å². The van der Waals surface area contributed by atoms with Gasteiger partial charge in [-0.25, -0.2) is 4.39 Å². The number of hydrogen-bond acceptors (Lipinski definition) is 1. The molecule has 1 aliphatic heterocycles. The van der Waals surface area contributed by atoms with E-state index in [1.807, 2.05) is 16.8 Å². The summed E-state index contributed by atoms with van der Waals surface area (Å²) in [4.78, 5) is 0. The van der Waals surface area contributed by atoms with E-state index in [-0.39, 0.29) is 5.82 Å². The van der Waals surface area contributed by atoms with Gasteiger partial charge in [-0.05, 0) is 25.3 Å². The normalized spacial score (nSPS) is 14.8. The van der Waals surface area contributed by atoms with Gasteiger partial charge < -0.3 is 0 Å². The molecule has 0 atom stereocenters. The number of hydrogen-bond donors (Lipinski definition) is 0. The molecule has 0 aliphatic carbocycles. The Balaban J connectivity index is 2.13. The van der Waals surface area contributed by atoms with Gasteiger partial charge in [0.1, 0.15) is 5.82 Å². The Labute approximate surface area is 93.7 Å². The largest absolute Gasteiger partial charge is 0.269 e. The highest BCUT2D eigenvalue weighted by Gasteiger charge is 2.17. The van der Waals surface area contributed by atoms with Crippen molar-refractivity contribution in [3.8, 4) is 11.1 Å². The van der Waals surface area contributed by atoms with Gasteiger partial charge in [0.25, 0.3) is 0 Å². The third kappa shape index (κ3) is 1.43. The Morgan fingerprint density at radius 3 is 2.88 bits per heavy atom. The van der Waals surface area contributed by atoms with Crippen LogP contribution in [-0.4, -0.2) is 9.78 Å². The van der Waals surface area contributed by atoms with Gasteiger partial charge in [0.15, 0.2) is 0 Å². The van der Waals surface area contributed by atoms with Crippen LogP contribution in [0.1, 0.15) is 18.5 Å². The van der Waals surface area contributed by atoms with Crippen LogP contribution in [0.3, 0.4) is 0 Å². The van der Waals surface area contributed by atoms with E-state index in [0.29, 0.717) is 5.56 Å². The molecule has 0 spiro atoms. The Hall–Kier alpha value is -1.64. The number of rotatable bonds is 1. The van der Waals surface area contributed by atoms with E-state index in [0.717, 1.165) is 18.5 Å². The van der Waals surface area contributed by atoms with E-state index < -0.39 is 0 Å². The van der Waals surface area contributed by atoms with Gasteiger partial charge >= 0.3 is 0 Å². The monoisotopic (exact) mass is 216 g/mol. The second kappa shape index (κ2) is 3.74. The molecule has 16 heavy (non-hydrogen) atoms. The molecule has 1 aliphatic rings. The zero-order valence-corrected chi connectivity index (χ0v) is 8.99. The smallest absolute Gasteiger partial charge is 0.131 e. The molecule has 0 fully saturated rings. The third-order valence-electron chi connectivity index (χ3n) is 3.15. The maximum Gasteiger partial charge on any atom is 0.131 e. The quantitative estimate of drug-likeness (QED) is 0.716. The molecule has 0 radical (unpaired) electrons. The zero-order valence-electron chi connectivity index (χ0n) is 8.99. The predicted molar refractivity (Wildman–Crippen MR) is 60.6 cm³/mol. The molecule has 2 aromatic rings. The summed E-state index contributed by atoms with van der Waals surface area (Å²) in [5.41, 5.74) is 2.81. The van der Waals surface area contributed by atoms with Crippen LogP contribution in [0.25, 0.3) is 11.1 Å². The van der Waals surface area contributed by atoms with Gasteiger partial charge in [-0.2, -0.15) is 5.10 Å². The lowest BCUT2D eigenvalue weighted by Gasteiger charge is -2.14. The maximum atomic E-state index is 13.7. The van der Waals surface area contributed by atoms with Crippen molar-refractivity contribution in [1.29, 1.82) is 0 Å². The Morgan fingerprint density at radius 2 is 2.00 bits per heavy atom. The van der Waals surface area contributed by atoms with Crippen molar-refractivity contribution in [3.05, 3.63) is 42.0 Å². The number of aryl methyl sites for hydroxylation is 1. The summed E-state index contributed by atoms with van der Waals surface area (Å²) in [5, 5.41) is 4.32. The molecule has 3 heteroatoms. The minimum Gasteiger partial charge on any atom is -0.269 e. The molecule has 2 heterocycles. The molecule has 1 aromatic heterocycles. The van der Waals surface area contributed by atoms with Gasteiger partial charge in [0.2, 0.25) is 0 Å². The predicted octanol–water partition coefficient (Wildman–Crippen LogP) is 3.03. The molecular weight excluding hydrogens is 203 g/mol. The van der Waals surface area contributed by atoms with Crippen LogP contribution in [0.4, 0.5) is 4.39 Å². The minimum atomic E-state index is -0.163. The molecule has 0 saturated heterocycles. The number of halogens is 1. The van der Waals surface area contributed by atoms with Crippen LogP contribution in [0.15, 0.2) is 30.5 Å². The van der Waals surface area contributed by atoms with Crippen LogP contribution >= 0.6 is 0 Å². The summed E-state index contributed by atoms with van der Waals surface area (Å²) in [5.74, 6) is -0.163. The average molecular weight is 216 g/mol. The Morgan fingerprint density at radius 1 is 1.12 bits per heavy atom.